The molecule has 1 unspecified atom stereocenters. The molecule has 0 aromatic carbocycles. The SMILES string of the molecule is CC(C)(C)c1cnc(CN2CCCC(N3CCNCC3=O)C2)s1. The minimum Gasteiger partial charge on any atom is -0.336 e. The molecule has 128 valence electrons. The van der Waals surface area contributed by atoms with Gasteiger partial charge in [0.2, 0.25) is 5.91 Å². The van der Waals surface area contributed by atoms with Crippen molar-refractivity contribution in [2.24, 2.45) is 0 Å². The molecular weight excluding hydrogens is 308 g/mol. The maximum absolute atomic E-state index is 12.1. The van der Waals surface area contributed by atoms with Gasteiger partial charge in [-0.1, -0.05) is 20.8 Å². The van der Waals surface area contributed by atoms with Gasteiger partial charge in [0.1, 0.15) is 5.01 Å². The molecule has 6 heteroatoms. The summed E-state index contributed by atoms with van der Waals surface area (Å²) in [6.07, 6.45) is 4.33. The first-order valence-corrected chi connectivity index (χ1v) is 9.43. The van der Waals surface area contributed by atoms with Crippen molar-refractivity contribution in [3.63, 3.8) is 0 Å². The van der Waals surface area contributed by atoms with E-state index in [4.69, 9.17) is 0 Å². The van der Waals surface area contributed by atoms with Crippen LogP contribution in [0, 0.1) is 0 Å². The summed E-state index contributed by atoms with van der Waals surface area (Å²) in [5.74, 6) is 0.257. The maximum Gasteiger partial charge on any atom is 0.236 e. The second-order valence-electron chi connectivity index (χ2n) is 7.66. The number of carbonyl (C=O) groups is 1. The third-order valence-corrected chi connectivity index (χ3v) is 6.11. The average Bonchev–Trinajstić information content (AvgIpc) is 2.97. The monoisotopic (exact) mass is 336 g/mol. The van der Waals surface area contributed by atoms with Gasteiger partial charge in [-0.2, -0.15) is 0 Å². The van der Waals surface area contributed by atoms with E-state index in [0.29, 0.717) is 12.6 Å². The number of hydrogen-bond acceptors (Lipinski definition) is 5. The van der Waals surface area contributed by atoms with E-state index in [2.05, 4.69) is 40.9 Å². The number of likely N-dealkylation sites (tertiary alicyclic amines) is 1. The number of amides is 1. The highest BCUT2D eigenvalue weighted by Crippen LogP contribution is 2.29. The quantitative estimate of drug-likeness (QED) is 0.915. The Morgan fingerprint density at radius 3 is 2.91 bits per heavy atom. The van der Waals surface area contributed by atoms with Crippen LogP contribution in [0.25, 0.3) is 0 Å². The molecule has 3 rings (SSSR count). The fourth-order valence-corrected chi connectivity index (χ4v) is 4.38. The third kappa shape index (κ3) is 4.11. The van der Waals surface area contributed by atoms with E-state index in [1.165, 1.54) is 16.3 Å². The van der Waals surface area contributed by atoms with Crippen molar-refractivity contribution in [1.82, 2.24) is 20.1 Å². The van der Waals surface area contributed by atoms with Crippen molar-refractivity contribution in [3.8, 4) is 0 Å². The van der Waals surface area contributed by atoms with E-state index in [0.717, 1.165) is 39.1 Å². The smallest absolute Gasteiger partial charge is 0.236 e. The van der Waals surface area contributed by atoms with E-state index in [-0.39, 0.29) is 11.3 Å². The van der Waals surface area contributed by atoms with Gasteiger partial charge in [-0.15, -0.1) is 11.3 Å². The lowest BCUT2D eigenvalue weighted by Crippen LogP contribution is -2.56. The second kappa shape index (κ2) is 6.87. The van der Waals surface area contributed by atoms with E-state index in [1.807, 2.05) is 17.5 Å². The van der Waals surface area contributed by atoms with Gasteiger partial charge in [0, 0.05) is 36.8 Å². The van der Waals surface area contributed by atoms with Crippen LogP contribution in [-0.2, 0) is 16.8 Å². The summed E-state index contributed by atoms with van der Waals surface area (Å²) in [5, 5.41) is 4.35. The van der Waals surface area contributed by atoms with Crippen LogP contribution in [0.5, 0.6) is 0 Å². The van der Waals surface area contributed by atoms with Crippen LogP contribution in [0.1, 0.15) is 43.5 Å². The Balaban J connectivity index is 1.60. The molecule has 1 amide bonds. The van der Waals surface area contributed by atoms with Gasteiger partial charge in [-0.05, 0) is 24.8 Å². The number of piperazine rings is 1. The van der Waals surface area contributed by atoms with Gasteiger partial charge in [-0.25, -0.2) is 4.98 Å². The molecule has 23 heavy (non-hydrogen) atoms. The molecule has 2 saturated heterocycles. The molecule has 2 aliphatic heterocycles. The Hall–Kier alpha value is -0.980. The highest BCUT2D eigenvalue weighted by atomic mass is 32.1. The first kappa shape index (κ1) is 16.9. The lowest BCUT2D eigenvalue weighted by Gasteiger charge is -2.40. The van der Waals surface area contributed by atoms with Crippen molar-refractivity contribution >= 4 is 17.2 Å². The molecule has 2 aliphatic rings. The highest BCUT2D eigenvalue weighted by molar-refractivity contribution is 7.11. The molecule has 3 heterocycles. The zero-order valence-electron chi connectivity index (χ0n) is 14.5. The normalized spacial score (nSPS) is 24.2. The van der Waals surface area contributed by atoms with E-state index in [1.54, 1.807) is 0 Å². The number of carbonyl (C=O) groups excluding carboxylic acids is 1. The number of nitrogens with one attached hydrogen (secondary N) is 1. The van der Waals surface area contributed by atoms with Crippen molar-refractivity contribution in [2.75, 3.05) is 32.7 Å². The zero-order valence-corrected chi connectivity index (χ0v) is 15.3. The molecule has 0 spiro atoms. The number of nitrogens with zero attached hydrogens (tertiary/aromatic N) is 3. The summed E-state index contributed by atoms with van der Waals surface area (Å²) in [7, 11) is 0. The van der Waals surface area contributed by atoms with Gasteiger partial charge in [0.05, 0.1) is 13.1 Å². The molecular formula is C17H28N4OS. The van der Waals surface area contributed by atoms with Crippen molar-refractivity contribution in [2.45, 2.75) is 51.6 Å². The van der Waals surface area contributed by atoms with E-state index in [9.17, 15) is 4.79 Å². The van der Waals surface area contributed by atoms with Gasteiger partial charge in [0.15, 0.2) is 0 Å². The number of piperidine rings is 1. The molecule has 1 aromatic rings. The fraction of sp³-hybridized carbons (Fsp3) is 0.765. The molecule has 1 N–H and O–H groups in total. The Labute approximate surface area is 143 Å². The standard InChI is InChI=1S/C17H28N4OS/c1-17(2,3)14-9-19-15(23-14)12-20-7-4-5-13(11-20)21-8-6-18-10-16(21)22/h9,13,18H,4-8,10-12H2,1-3H3. The van der Waals surface area contributed by atoms with Crippen LogP contribution < -0.4 is 5.32 Å². The average molecular weight is 337 g/mol. The van der Waals surface area contributed by atoms with Gasteiger partial charge in [0.25, 0.3) is 0 Å². The van der Waals surface area contributed by atoms with Gasteiger partial charge < -0.3 is 10.2 Å². The topological polar surface area (TPSA) is 48.5 Å². The predicted octanol–water partition coefficient (Wildman–Crippen LogP) is 1.84. The second-order valence-corrected chi connectivity index (χ2v) is 8.78. The van der Waals surface area contributed by atoms with Crippen LogP contribution in [0.2, 0.25) is 0 Å². The Morgan fingerprint density at radius 1 is 1.39 bits per heavy atom. The lowest BCUT2D eigenvalue weighted by molar-refractivity contribution is -0.135. The van der Waals surface area contributed by atoms with Crippen LogP contribution in [-0.4, -0.2) is 59.5 Å². The molecule has 0 bridgehead atoms. The number of aromatic nitrogens is 1. The van der Waals surface area contributed by atoms with Crippen LogP contribution in [0.15, 0.2) is 6.20 Å². The fourth-order valence-electron chi connectivity index (χ4n) is 3.36. The number of hydrogen-bond donors (Lipinski definition) is 1. The Morgan fingerprint density at radius 2 is 2.22 bits per heavy atom. The molecule has 1 aromatic heterocycles. The molecule has 5 nitrogen and oxygen atoms in total. The molecule has 0 radical (unpaired) electrons. The highest BCUT2D eigenvalue weighted by Gasteiger charge is 2.30. The minimum absolute atomic E-state index is 0.174. The largest absolute Gasteiger partial charge is 0.336 e. The molecule has 1 atom stereocenters. The van der Waals surface area contributed by atoms with E-state index >= 15 is 0 Å². The minimum atomic E-state index is 0.174. The van der Waals surface area contributed by atoms with Gasteiger partial charge >= 0.3 is 0 Å². The molecule has 0 saturated carbocycles. The van der Waals surface area contributed by atoms with Crippen LogP contribution in [0.4, 0.5) is 0 Å². The van der Waals surface area contributed by atoms with Crippen LogP contribution in [0.3, 0.4) is 0 Å². The summed E-state index contributed by atoms with van der Waals surface area (Å²) >= 11 is 1.83. The summed E-state index contributed by atoms with van der Waals surface area (Å²) in [6, 6.07) is 0.375. The van der Waals surface area contributed by atoms with Crippen molar-refractivity contribution < 1.29 is 4.79 Å². The van der Waals surface area contributed by atoms with Crippen LogP contribution >= 0.6 is 11.3 Å². The molecule has 0 aliphatic carbocycles. The van der Waals surface area contributed by atoms with Crippen molar-refractivity contribution in [1.29, 1.82) is 0 Å². The molecule has 2 fully saturated rings. The summed E-state index contributed by atoms with van der Waals surface area (Å²) < 4.78 is 0. The third-order valence-electron chi connectivity index (χ3n) is 4.70. The zero-order chi connectivity index (χ0) is 16.4. The summed E-state index contributed by atoms with van der Waals surface area (Å²) in [6.45, 7) is 12.0. The van der Waals surface area contributed by atoms with Gasteiger partial charge in [-0.3, -0.25) is 9.69 Å². The summed E-state index contributed by atoms with van der Waals surface area (Å²) in [5.41, 5.74) is 0.174. The first-order chi connectivity index (χ1) is 10.9. The number of thiazole rings is 1. The maximum atomic E-state index is 12.1. The first-order valence-electron chi connectivity index (χ1n) is 8.61. The van der Waals surface area contributed by atoms with E-state index < -0.39 is 0 Å². The summed E-state index contributed by atoms with van der Waals surface area (Å²) in [4.78, 5) is 22.6. The van der Waals surface area contributed by atoms with Crippen molar-refractivity contribution in [3.05, 3.63) is 16.1 Å². The Kier molecular flexibility index (Phi) is 5.04. The number of rotatable bonds is 3. The Bertz CT molecular complexity index is 551. The lowest BCUT2D eigenvalue weighted by atomic mass is 9.96. The predicted molar refractivity (Wildman–Crippen MR) is 93.7 cm³/mol.